The molecule has 1 aromatic heterocycles. The summed E-state index contributed by atoms with van der Waals surface area (Å²) in [5.41, 5.74) is 1.88. The summed E-state index contributed by atoms with van der Waals surface area (Å²) < 4.78 is 37.7. The molecule has 0 saturated carbocycles. The predicted molar refractivity (Wildman–Crippen MR) is 87.5 cm³/mol. The Morgan fingerprint density at radius 2 is 1.91 bits per heavy atom. The van der Waals surface area contributed by atoms with Crippen molar-refractivity contribution in [2.24, 2.45) is 0 Å². The van der Waals surface area contributed by atoms with Crippen LogP contribution in [0.15, 0.2) is 33.9 Å². The van der Waals surface area contributed by atoms with Gasteiger partial charge in [-0.3, -0.25) is 0 Å². The van der Waals surface area contributed by atoms with Crippen LogP contribution in [0, 0.1) is 6.92 Å². The lowest BCUT2D eigenvalue weighted by atomic mass is 10.1. The third-order valence-corrected chi connectivity index (χ3v) is 6.10. The monoisotopic (exact) mass is 341 g/mol. The first-order chi connectivity index (χ1) is 10.5. The summed E-state index contributed by atoms with van der Waals surface area (Å²) in [6, 6.07) is 7.07. The molecule has 0 aliphatic rings. The molecule has 0 radical (unpaired) electrons. The van der Waals surface area contributed by atoms with Crippen LogP contribution in [0.5, 0.6) is 11.5 Å². The Morgan fingerprint density at radius 1 is 1.18 bits per heavy atom. The van der Waals surface area contributed by atoms with Gasteiger partial charge in [-0.1, -0.05) is 6.07 Å². The maximum absolute atomic E-state index is 12.1. The van der Waals surface area contributed by atoms with Crippen LogP contribution in [0.4, 0.5) is 0 Å². The maximum Gasteiger partial charge on any atom is 0.250 e. The average molecular weight is 341 g/mol. The molecule has 1 aromatic carbocycles. The largest absolute Gasteiger partial charge is 0.496 e. The second-order valence-corrected chi connectivity index (χ2v) is 7.66. The molecule has 0 saturated heterocycles. The summed E-state index contributed by atoms with van der Waals surface area (Å²) in [6.07, 6.45) is 0.518. The molecule has 0 fully saturated rings. The van der Waals surface area contributed by atoms with E-state index in [0.717, 1.165) is 22.6 Å². The highest BCUT2D eigenvalue weighted by Gasteiger charge is 2.15. The number of benzene rings is 1. The zero-order valence-electron chi connectivity index (χ0n) is 12.8. The summed E-state index contributed by atoms with van der Waals surface area (Å²) in [5.74, 6) is 1.49. The highest BCUT2D eigenvalue weighted by molar-refractivity contribution is 7.91. The van der Waals surface area contributed by atoms with Crippen molar-refractivity contribution in [3.63, 3.8) is 0 Å². The summed E-state index contributed by atoms with van der Waals surface area (Å²) in [5, 5.41) is 1.74. The molecule has 22 heavy (non-hydrogen) atoms. The van der Waals surface area contributed by atoms with E-state index in [0.29, 0.717) is 17.2 Å². The first-order valence-corrected chi connectivity index (χ1v) is 9.09. The van der Waals surface area contributed by atoms with Gasteiger partial charge in [0.15, 0.2) is 0 Å². The van der Waals surface area contributed by atoms with Crippen LogP contribution < -0.4 is 14.2 Å². The highest BCUT2D eigenvalue weighted by atomic mass is 32.2. The van der Waals surface area contributed by atoms with Gasteiger partial charge >= 0.3 is 0 Å². The van der Waals surface area contributed by atoms with Gasteiger partial charge in [0, 0.05) is 6.54 Å². The summed E-state index contributed by atoms with van der Waals surface area (Å²) >= 11 is 1.20. The molecule has 120 valence electrons. The quantitative estimate of drug-likeness (QED) is 0.841. The van der Waals surface area contributed by atoms with Gasteiger partial charge in [-0.2, -0.15) is 0 Å². The van der Waals surface area contributed by atoms with Crippen molar-refractivity contribution in [1.82, 2.24) is 4.72 Å². The van der Waals surface area contributed by atoms with Crippen molar-refractivity contribution in [1.29, 1.82) is 0 Å². The van der Waals surface area contributed by atoms with Crippen LogP contribution in [0.1, 0.15) is 11.1 Å². The Balaban J connectivity index is 2.08. The summed E-state index contributed by atoms with van der Waals surface area (Å²) in [7, 11) is -0.227. The van der Waals surface area contributed by atoms with Crippen LogP contribution in [-0.2, 0) is 16.4 Å². The standard InChI is InChI=1S/C15H19NO4S2/c1-11-9-14(20-3)12(10-13(11)19-2)6-7-16-22(17,18)15-5-4-8-21-15/h4-5,8-10,16H,6-7H2,1-3H3. The molecule has 0 aliphatic heterocycles. The lowest BCUT2D eigenvalue weighted by molar-refractivity contribution is 0.396. The predicted octanol–water partition coefficient (Wildman–Crippen LogP) is 2.59. The van der Waals surface area contributed by atoms with Crippen molar-refractivity contribution in [2.75, 3.05) is 20.8 Å². The van der Waals surface area contributed by atoms with Crippen molar-refractivity contribution in [3.8, 4) is 11.5 Å². The molecule has 0 bridgehead atoms. The molecule has 0 atom stereocenters. The van der Waals surface area contributed by atoms with Crippen LogP contribution in [0.3, 0.4) is 0 Å². The Bertz CT molecular complexity index is 724. The number of nitrogens with one attached hydrogen (secondary N) is 1. The van der Waals surface area contributed by atoms with Crippen LogP contribution in [0.2, 0.25) is 0 Å². The number of rotatable bonds is 7. The minimum absolute atomic E-state index is 0.294. The lowest BCUT2D eigenvalue weighted by Gasteiger charge is -2.13. The van der Waals surface area contributed by atoms with Gasteiger partial charge in [-0.05, 0) is 48.1 Å². The number of hydrogen-bond acceptors (Lipinski definition) is 5. The molecule has 1 N–H and O–H groups in total. The number of thiophene rings is 1. The fourth-order valence-corrected chi connectivity index (χ4v) is 4.19. The molecular weight excluding hydrogens is 322 g/mol. The summed E-state index contributed by atoms with van der Waals surface area (Å²) in [6.45, 7) is 2.23. The first kappa shape index (κ1) is 16.8. The average Bonchev–Trinajstić information content (AvgIpc) is 3.03. The third-order valence-electron chi connectivity index (χ3n) is 3.24. The van der Waals surface area contributed by atoms with Crippen LogP contribution >= 0.6 is 11.3 Å². The third kappa shape index (κ3) is 3.79. The van der Waals surface area contributed by atoms with Gasteiger partial charge in [0.1, 0.15) is 15.7 Å². The number of aryl methyl sites for hydroxylation is 1. The van der Waals surface area contributed by atoms with Crippen molar-refractivity contribution < 1.29 is 17.9 Å². The van der Waals surface area contributed by atoms with E-state index in [4.69, 9.17) is 9.47 Å². The fraction of sp³-hybridized carbons (Fsp3) is 0.333. The molecule has 0 unspecified atom stereocenters. The van der Waals surface area contributed by atoms with E-state index in [1.807, 2.05) is 19.1 Å². The Hall–Kier alpha value is -1.57. The smallest absolute Gasteiger partial charge is 0.250 e. The van der Waals surface area contributed by atoms with Gasteiger partial charge in [-0.25, -0.2) is 13.1 Å². The number of sulfonamides is 1. The van der Waals surface area contributed by atoms with E-state index in [1.54, 1.807) is 31.7 Å². The van der Waals surface area contributed by atoms with Crippen molar-refractivity contribution in [2.45, 2.75) is 17.6 Å². The normalized spacial score (nSPS) is 11.4. The van der Waals surface area contributed by atoms with E-state index in [-0.39, 0.29) is 0 Å². The Labute approximate surface area is 134 Å². The topological polar surface area (TPSA) is 64.6 Å². The molecule has 0 spiro atoms. The maximum atomic E-state index is 12.1. The summed E-state index contributed by atoms with van der Waals surface area (Å²) in [4.78, 5) is 0. The molecule has 0 aliphatic carbocycles. The van der Waals surface area contributed by atoms with Gasteiger partial charge in [0.2, 0.25) is 10.0 Å². The first-order valence-electron chi connectivity index (χ1n) is 6.72. The second-order valence-electron chi connectivity index (χ2n) is 4.71. The minimum atomic E-state index is -3.43. The molecule has 7 heteroatoms. The number of methoxy groups -OCH3 is 2. The lowest BCUT2D eigenvalue weighted by Crippen LogP contribution is -2.25. The van der Waals surface area contributed by atoms with E-state index >= 15 is 0 Å². The number of ether oxygens (including phenoxy) is 2. The molecule has 2 rings (SSSR count). The molecule has 0 amide bonds. The van der Waals surface area contributed by atoms with Crippen molar-refractivity contribution >= 4 is 21.4 Å². The van der Waals surface area contributed by atoms with Gasteiger partial charge in [0.05, 0.1) is 14.2 Å². The Morgan fingerprint density at radius 3 is 2.50 bits per heavy atom. The van der Waals surface area contributed by atoms with E-state index in [9.17, 15) is 8.42 Å². The van der Waals surface area contributed by atoms with Gasteiger partial charge < -0.3 is 9.47 Å². The van der Waals surface area contributed by atoms with Crippen molar-refractivity contribution in [3.05, 3.63) is 40.8 Å². The molecule has 5 nitrogen and oxygen atoms in total. The van der Waals surface area contributed by atoms with E-state index in [1.165, 1.54) is 11.3 Å². The number of hydrogen-bond donors (Lipinski definition) is 1. The molecule has 1 heterocycles. The Kier molecular flexibility index (Phi) is 5.44. The zero-order chi connectivity index (χ0) is 16.2. The van der Waals surface area contributed by atoms with Gasteiger partial charge in [0.25, 0.3) is 0 Å². The molecular formula is C15H19NO4S2. The van der Waals surface area contributed by atoms with Crippen LogP contribution in [-0.4, -0.2) is 29.2 Å². The SMILES string of the molecule is COc1cc(CCNS(=O)(=O)c2cccs2)c(OC)cc1C. The minimum Gasteiger partial charge on any atom is -0.496 e. The van der Waals surface area contributed by atoms with E-state index < -0.39 is 10.0 Å². The fourth-order valence-electron chi connectivity index (χ4n) is 2.12. The van der Waals surface area contributed by atoms with Gasteiger partial charge in [-0.15, -0.1) is 11.3 Å². The molecule has 2 aromatic rings. The zero-order valence-corrected chi connectivity index (χ0v) is 14.4. The highest BCUT2D eigenvalue weighted by Crippen LogP contribution is 2.28. The van der Waals surface area contributed by atoms with Crippen LogP contribution in [0.25, 0.3) is 0 Å². The second kappa shape index (κ2) is 7.13. The van der Waals surface area contributed by atoms with E-state index in [2.05, 4.69) is 4.72 Å².